The molecule has 0 aromatic carbocycles. The van der Waals surface area contributed by atoms with E-state index in [4.69, 9.17) is 26.1 Å². The van der Waals surface area contributed by atoms with Crippen LogP contribution in [0, 0.1) is 11.8 Å². The Hall–Kier alpha value is -3.73. The van der Waals surface area contributed by atoms with Crippen molar-refractivity contribution < 1.29 is 9.32 Å². The summed E-state index contributed by atoms with van der Waals surface area (Å²) in [4.78, 5) is 46.1. The van der Waals surface area contributed by atoms with Gasteiger partial charge in [0.15, 0.2) is 0 Å². The number of hydrogen-bond donors (Lipinski definition) is 1. The molecular formula is C31H37ClN8O3. The first-order valence-electron chi connectivity index (χ1n) is 15.5. The number of pyridine rings is 2. The highest BCUT2D eigenvalue weighted by Crippen LogP contribution is 2.40. The highest BCUT2D eigenvalue weighted by atomic mass is 35.5. The van der Waals surface area contributed by atoms with Gasteiger partial charge in [-0.1, -0.05) is 49.4 Å². The van der Waals surface area contributed by atoms with Gasteiger partial charge in [-0.25, -0.2) is 14.8 Å². The molecule has 3 fully saturated rings. The van der Waals surface area contributed by atoms with Gasteiger partial charge in [0.05, 0.1) is 33.8 Å². The molecule has 12 heteroatoms. The van der Waals surface area contributed by atoms with Crippen LogP contribution in [-0.2, 0) is 11.3 Å². The Bertz CT molecular complexity index is 1700. The molecule has 0 radical (unpaired) electrons. The van der Waals surface area contributed by atoms with Gasteiger partial charge in [-0.2, -0.15) is 0 Å². The van der Waals surface area contributed by atoms with E-state index in [1.807, 2.05) is 17.0 Å². The minimum absolute atomic E-state index is 0.141. The Morgan fingerprint density at radius 2 is 1.88 bits per heavy atom. The number of aromatic amines is 1. The van der Waals surface area contributed by atoms with Crippen molar-refractivity contribution in [1.82, 2.24) is 34.6 Å². The molecule has 5 heterocycles. The maximum Gasteiger partial charge on any atom is 0.439 e. The van der Waals surface area contributed by atoms with Crippen LogP contribution >= 0.6 is 11.6 Å². The van der Waals surface area contributed by atoms with E-state index in [0.29, 0.717) is 28.9 Å². The van der Waals surface area contributed by atoms with Gasteiger partial charge in [0, 0.05) is 44.5 Å². The molecule has 1 amide bonds. The number of rotatable bonds is 6. The van der Waals surface area contributed by atoms with Crippen LogP contribution in [0.3, 0.4) is 0 Å². The van der Waals surface area contributed by atoms with Crippen molar-refractivity contribution in [2.45, 2.75) is 83.8 Å². The third-order valence-corrected chi connectivity index (χ3v) is 9.96. The fourth-order valence-electron chi connectivity index (χ4n) is 7.54. The molecule has 226 valence electrons. The monoisotopic (exact) mass is 604 g/mol. The van der Waals surface area contributed by atoms with Crippen LogP contribution in [-0.4, -0.2) is 65.6 Å². The highest BCUT2D eigenvalue weighted by Gasteiger charge is 2.42. The molecule has 43 heavy (non-hydrogen) atoms. The second-order valence-electron chi connectivity index (χ2n) is 12.5. The normalized spacial score (nSPS) is 24.1. The van der Waals surface area contributed by atoms with E-state index in [1.54, 1.807) is 19.3 Å². The number of nitrogens with one attached hydrogen (secondary N) is 1. The van der Waals surface area contributed by atoms with E-state index in [2.05, 4.69) is 31.5 Å². The first-order valence-corrected chi connectivity index (χ1v) is 15.9. The van der Waals surface area contributed by atoms with Gasteiger partial charge in [-0.05, 0) is 49.7 Å². The molecule has 2 saturated carbocycles. The summed E-state index contributed by atoms with van der Waals surface area (Å²) in [5.41, 5.74) is 3.53. The molecule has 4 aromatic rings. The number of nitrogens with zero attached hydrogens (tertiary/aromatic N) is 7. The van der Waals surface area contributed by atoms with Gasteiger partial charge in [-0.3, -0.25) is 19.3 Å². The zero-order chi connectivity index (χ0) is 29.7. The number of piperazine rings is 1. The maximum absolute atomic E-state index is 12.5. The van der Waals surface area contributed by atoms with Crippen molar-refractivity contribution in [3.8, 4) is 22.8 Å². The van der Waals surface area contributed by atoms with Crippen molar-refractivity contribution in [2.75, 3.05) is 18.0 Å². The summed E-state index contributed by atoms with van der Waals surface area (Å²) in [6, 6.07) is 4.11. The third-order valence-electron chi connectivity index (χ3n) is 9.75. The van der Waals surface area contributed by atoms with E-state index >= 15 is 0 Å². The fourth-order valence-corrected chi connectivity index (χ4v) is 7.72. The van der Waals surface area contributed by atoms with Gasteiger partial charge in [0.25, 0.3) is 0 Å². The van der Waals surface area contributed by atoms with E-state index < -0.39 is 5.76 Å². The first kappa shape index (κ1) is 28.1. The molecule has 0 spiro atoms. The van der Waals surface area contributed by atoms with Crippen LogP contribution in [0.15, 0.2) is 33.8 Å². The quantitative estimate of drug-likeness (QED) is 0.314. The maximum atomic E-state index is 12.5. The van der Waals surface area contributed by atoms with E-state index in [-0.39, 0.29) is 23.8 Å². The van der Waals surface area contributed by atoms with Crippen LogP contribution in [0.4, 0.5) is 5.95 Å². The van der Waals surface area contributed by atoms with Crippen LogP contribution in [0.5, 0.6) is 0 Å². The lowest BCUT2D eigenvalue weighted by Gasteiger charge is -2.45. The molecule has 11 nitrogen and oxygen atoms in total. The lowest BCUT2D eigenvalue weighted by Crippen LogP contribution is -2.59. The van der Waals surface area contributed by atoms with Gasteiger partial charge in [0.2, 0.25) is 17.7 Å². The fraction of sp³-hybridized carbons (Fsp3) is 0.548. The second-order valence-corrected chi connectivity index (χ2v) is 12.9. The van der Waals surface area contributed by atoms with Crippen molar-refractivity contribution in [1.29, 1.82) is 0 Å². The van der Waals surface area contributed by atoms with Crippen molar-refractivity contribution in [2.24, 2.45) is 11.8 Å². The highest BCUT2D eigenvalue weighted by molar-refractivity contribution is 6.30. The smallest absolute Gasteiger partial charge is 0.336 e. The standard InChI is InChI=1S/C31H37ClN8O3/c1-18-6-8-20(9-7-18)10-11-40-28-23(35-30(40)39-13-12-38(19(2)41)25-4-3-5-26(25)39)15-24(29-36-31(42)43-37-29)34-27(28)21-14-22(32)17-33-16-21/h14-18,20,25-26H,3-13H2,1-2H3,(H,36,37,42)/t18?,20?,25-,26-/m1/s1. The van der Waals surface area contributed by atoms with E-state index in [1.165, 1.54) is 25.7 Å². The number of aromatic nitrogens is 6. The molecule has 3 aliphatic rings. The molecule has 0 bridgehead atoms. The largest absolute Gasteiger partial charge is 0.439 e. The number of aryl methyl sites for hydroxylation is 1. The Kier molecular flexibility index (Phi) is 7.44. The number of H-pyrrole nitrogens is 1. The summed E-state index contributed by atoms with van der Waals surface area (Å²) < 4.78 is 7.15. The zero-order valence-corrected chi connectivity index (χ0v) is 25.4. The molecule has 2 atom stereocenters. The van der Waals surface area contributed by atoms with Gasteiger partial charge < -0.3 is 14.4 Å². The average molecular weight is 605 g/mol. The van der Waals surface area contributed by atoms with Gasteiger partial charge >= 0.3 is 5.76 Å². The predicted molar refractivity (Wildman–Crippen MR) is 164 cm³/mol. The number of hydrogen-bond acceptors (Lipinski definition) is 8. The minimum Gasteiger partial charge on any atom is -0.336 e. The minimum atomic E-state index is -0.647. The van der Waals surface area contributed by atoms with Gasteiger partial charge in [0.1, 0.15) is 5.69 Å². The summed E-state index contributed by atoms with van der Waals surface area (Å²) in [7, 11) is 0. The summed E-state index contributed by atoms with van der Waals surface area (Å²) >= 11 is 6.42. The number of imidazole rings is 1. The van der Waals surface area contributed by atoms with Crippen molar-refractivity contribution >= 4 is 34.5 Å². The molecular weight excluding hydrogens is 568 g/mol. The van der Waals surface area contributed by atoms with Crippen molar-refractivity contribution in [3.05, 3.63) is 40.1 Å². The third kappa shape index (κ3) is 5.32. The van der Waals surface area contributed by atoms with E-state index in [0.717, 1.165) is 67.2 Å². The second kappa shape index (κ2) is 11.4. The molecule has 7 rings (SSSR count). The number of carbonyl (C=O) groups is 1. The predicted octanol–water partition coefficient (Wildman–Crippen LogP) is 5.30. The average Bonchev–Trinajstić information content (AvgIpc) is 3.74. The summed E-state index contributed by atoms with van der Waals surface area (Å²) in [5, 5.41) is 4.41. The van der Waals surface area contributed by atoms with Crippen molar-refractivity contribution in [3.63, 3.8) is 0 Å². The summed E-state index contributed by atoms with van der Waals surface area (Å²) in [6.07, 6.45) is 12.6. The lowest BCUT2D eigenvalue weighted by atomic mass is 9.81. The number of halogens is 1. The summed E-state index contributed by atoms with van der Waals surface area (Å²) in [5.74, 6) is 2.10. The zero-order valence-electron chi connectivity index (χ0n) is 24.6. The number of carbonyl (C=O) groups excluding carboxylic acids is 1. The SMILES string of the molecule is CC(=O)N1CCN(c2nc3cc(-c4noc(=O)[nH]4)nc(-c4cncc(Cl)c4)c3n2CCC2CCC(C)CC2)[C@@H]2CCC[C@H]21. The molecule has 1 saturated heterocycles. The van der Waals surface area contributed by atoms with Gasteiger partial charge in [-0.15, -0.1) is 0 Å². The number of anilines is 1. The molecule has 1 aliphatic heterocycles. The lowest BCUT2D eigenvalue weighted by molar-refractivity contribution is -0.132. The summed E-state index contributed by atoms with van der Waals surface area (Å²) in [6.45, 7) is 6.23. The molecule has 2 aliphatic carbocycles. The Balaban J connectivity index is 1.39. The van der Waals surface area contributed by atoms with Crippen LogP contribution in [0.1, 0.15) is 65.2 Å². The molecule has 4 aromatic heterocycles. The topological polar surface area (TPSA) is 126 Å². The Morgan fingerprint density at radius 3 is 2.63 bits per heavy atom. The Labute approximate surface area is 254 Å². The van der Waals surface area contributed by atoms with Crippen LogP contribution in [0.25, 0.3) is 33.8 Å². The van der Waals surface area contributed by atoms with Crippen LogP contribution < -0.4 is 10.7 Å². The number of fused-ring (bicyclic) bond motifs is 2. The Morgan fingerprint density at radius 1 is 1.07 bits per heavy atom. The van der Waals surface area contributed by atoms with Crippen LogP contribution in [0.2, 0.25) is 5.02 Å². The molecule has 1 N–H and O–H groups in total. The molecule has 0 unspecified atom stereocenters. The number of amides is 1. The van der Waals surface area contributed by atoms with E-state index in [9.17, 15) is 9.59 Å². The first-order chi connectivity index (χ1) is 20.9.